The monoisotopic (exact) mass is 291 g/mol. The molecule has 0 bridgehead atoms. The fraction of sp³-hybridized carbons (Fsp3) is 0.333. The van der Waals surface area contributed by atoms with Gasteiger partial charge in [-0.2, -0.15) is 0 Å². The van der Waals surface area contributed by atoms with E-state index in [9.17, 15) is 14.3 Å². The number of rotatable bonds is 2. The maximum atomic E-state index is 13.5. The topological polar surface area (TPSA) is 50.2 Å². The van der Waals surface area contributed by atoms with Crippen LogP contribution in [0.5, 0.6) is 0 Å². The van der Waals surface area contributed by atoms with Crippen molar-refractivity contribution < 1.29 is 14.3 Å². The average Bonchev–Trinajstić information content (AvgIpc) is 2.80. The number of hydrogen-bond donors (Lipinski definition) is 1. The standard InChI is InChI=1S/C15H14FNO2S/c1-8-5-9(7-10(16)6-8)14-17-13-11(15(18)19)3-2-4-12(13)20-14/h5-7,11H,2-4H2,1H3,(H,18,19). The highest BCUT2D eigenvalue weighted by molar-refractivity contribution is 7.15. The van der Waals surface area contributed by atoms with Crippen LogP contribution < -0.4 is 0 Å². The third-order valence-corrected chi connectivity index (χ3v) is 4.72. The number of carboxylic acid groups (broad SMARTS) is 1. The maximum absolute atomic E-state index is 13.5. The summed E-state index contributed by atoms with van der Waals surface area (Å²) in [7, 11) is 0. The van der Waals surface area contributed by atoms with Crippen LogP contribution in [0.15, 0.2) is 18.2 Å². The van der Waals surface area contributed by atoms with Gasteiger partial charge in [0.1, 0.15) is 10.8 Å². The lowest BCUT2D eigenvalue weighted by Crippen LogP contribution is -2.17. The van der Waals surface area contributed by atoms with E-state index in [-0.39, 0.29) is 5.82 Å². The molecule has 1 aliphatic rings. The van der Waals surface area contributed by atoms with Gasteiger partial charge in [-0.15, -0.1) is 11.3 Å². The normalized spacial score (nSPS) is 17.8. The van der Waals surface area contributed by atoms with E-state index in [1.54, 1.807) is 0 Å². The Balaban J connectivity index is 2.06. The van der Waals surface area contributed by atoms with E-state index in [0.717, 1.165) is 28.8 Å². The van der Waals surface area contributed by atoms with Gasteiger partial charge in [0.05, 0.1) is 11.6 Å². The van der Waals surface area contributed by atoms with Crippen molar-refractivity contribution in [1.29, 1.82) is 0 Å². The molecule has 0 saturated carbocycles. The highest BCUT2D eigenvalue weighted by atomic mass is 32.1. The summed E-state index contributed by atoms with van der Waals surface area (Å²) in [5.74, 6) is -1.63. The van der Waals surface area contributed by atoms with Crippen molar-refractivity contribution in [2.24, 2.45) is 0 Å². The van der Waals surface area contributed by atoms with E-state index in [1.807, 2.05) is 13.0 Å². The lowest BCUT2D eigenvalue weighted by Gasteiger charge is -2.16. The number of aliphatic carboxylic acids is 1. The van der Waals surface area contributed by atoms with Crippen LogP contribution in [0.25, 0.3) is 10.6 Å². The Morgan fingerprint density at radius 2 is 2.25 bits per heavy atom. The fourth-order valence-corrected chi connectivity index (χ4v) is 3.79. The van der Waals surface area contributed by atoms with Crippen LogP contribution in [-0.2, 0) is 11.2 Å². The Morgan fingerprint density at radius 1 is 1.45 bits per heavy atom. The van der Waals surface area contributed by atoms with Gasteiger partial charge >= 0.3 is 5.97 Å². The first-order valence-corrected chi connectivity index (χ1v) is 7.36. The molecule has 1 aromatic carbocycles. The molecule has 0 spiro atoms. The van der Waals surface area contributed by atoms with Gasteiger partial charge in [-0.25, -0.2) is 9.37 Å². The molecule has 5 heteroatoms. The van der Waals surface area contributed by atoms with E-state index >= 15 is 0 Å². The first-order chi connectivity index (χ1) is 9.54. The molecule has 104 valence electrons. The first kappa shape index (κ1) is 13.2. The van der Waals surface area contributed by atoms with E-state index in [1.165, 1.54) is 23.5 Å². The van der Waals surface area contributed by atoms with Crippen molar-refractivity contribution in [2.45, 2.75) is 32.1 Å². The molecule has 0 aliphatic heterocycles. The highest BCUT2D eigenvalue weighted by Crippen LogP contribution is 2.38. The summed E-state index contributed by atoms with van der Waals surface area (Å²) >= 11 is 1.49. The summed E-state index contributed by atoms with van der Waals surface area (Å²) in [5.41, 5.74) is 2.24. The minimum Gasteiger partial charge on any atom is -0.481 e. The molecule has 1 atom stereocenters. The second-order valence-corrected chi connectivity index (χ2v) is 6.21. The fourth-order valence-electron chi connectivity index (χ4n) is 2.64. The summed E-state index contributed by atoms with van der Waals surface area (Å²) in [6.45, 7) is 1.83. The molecule has 1 aromatic heterocycles. The van der Waals surface area contributed by atoms with Gasteiger partial charge in [0.15, 0.2) is 0 Å². The predicted molar refractivity (Wildman–Crippen MR) is 75.6 cm³/mol. The molecule has 1 heterocycles. The van der Waals surface area contributed by atoms with Gasteiger partial charge in [-0.05, 0) is 49.9 Å². The van der Waals surface area contributed by atoms with Crippen LogP contribution in [0.1, 0.15) is 34.9 Å². The third-order valence-electron chi connectivity index (χ3n) is 3.54. The molecule has 1 aliphatic carbocycles. The van der Waals surface area contributed by atoms with Gasteiger partial charge in [0.2, 0.25) is 0 Å². The summed E-state index contributed by atoms with van der Waals surface area (Å²) < 4.78 is 13.5. The molecule has 3 rings (SSSR count). The largest absolute Gasteiger partial charge is 0.481 e. The van der Waals surface area contributed by atoms with Crippen molar-refractivity contribution >= 4 is 17.3 Å². The number of carbonyl (C=O) groups is 1. The first-order valence-electron chi connectivity index (χ1n) is 6.54. The minimum atomic E-state index is -0.821. The lowest BCUT2D eigenvalue weighted by atomic mass is 9.91. The van der Waals surface area contributed by atoms with Crippen LogP contribution in [0.4, 0.5) is 4.39 Å². The Kier molecular flexibility index (Phi) is 3.30. The highest BCUT2D eigenvalue weighted by Gasteiger charge is 2.30. The minimum absolute atomic E-state index is 0.289. The zero-order valence-electron chi connectivity index (χ0n) is 11.0. The molecule has 2 aromatic rings. The second-order valence-electron chi connectivity index (χ2n) is 5.13. The van der Waals surface area contributed by atoms with Crippen LogP contribution in [0, 0.1) is 12.7 Å². The molecule has 20 heavy (non-hydrogen) atoms. The zero-order chi connectivity index (χ0) is 14.3. The van der Waals surface area contributed by atoms with Crippen LogP contribution in [0.3, 0.4) is 0 Å². The summed E-state index contributed by atoms with van der Waals surface area (Å²) in [6, 6.07) is 4.80. The molecule has 1 N–H and O–H groups in total. The third kappa shape index (κ3) is 2.33. The summed E-state index contributed by atoms with van der Waals surface area (Å²) in [6.07, 6.45) is 2.37. The summed E-state index contributed by atoms with van der Waals surface area (Å²) in [4.78, 5) is 16.8. The Hall–Kier alpha value is -1.75. The Bertz CT molecular complexity index is 660. The van der Waals surface area contributed by atoms with E-state index < -0.39 is 11.9 Å². The van der Waals surface area contributed by atoms with E-state index in [4.69, 9.17) is 0 Å². The molecule has 1 unspecified atom stereocenters. The number of aromatic nitrogens is 1. The molecular weight excluding hydrogens is 277 g/mol. The molecule has 0 radical (unpaired) electrons. The smallest absolute Gasteiger partial charge is 0.312 e. The average molecular weight is 291 g/mol. The van der Waals surface area contributed by atoms with Crippen molar-refractivity contribution in [3.63, 3.8) is 0 Å². The molecular formula is C15H14FNO2S. The van der Waals surface area contributed by atoms with Crippen molar-refractivity contribution in [1.82, 2.24) is 4.98 Å². The zero-order valence-corrected chi connectivity index (χ0v) is 11.8. The van der Waals surface area contributed by atoms with Crippen LogP contribution in [-0.4, -0.2) is 16.1 Å². The lowest BCUT2D eigenvalue weighted by molar-refractivity contribution is -0.139. The van der Waals surface area contributed by atoms with Gasteiger partial charge < -0.3 is 5.11 Å². The number of fused-ring (bicyclic) bond motifs is 1. The number of thiazole rings is 1. The number of benzene rings is 1. The predicted octanol–water partition coefficient (Wildman–Crippen LogP) is 3.76. The number of halogens is 1. The Labute approximate surface area is 120 Å². The van der Waals surface area contributed by atoms with Gasteiger partial charge in [-0.1, -0.05) is 0 Å². The number of hydrogen-bond acceptors (Lipinski definition) is 3. The van der Waals surface area contributed by atoms with Crippen molar-refractivity contribution in [2.75, 3.05) is 0 Å². The van der Waals surface area contributed by atoms with Gasteiger partial charge in [-0.3, -0.25) is 4.79 Å². The van der Waals surface area contributed by atoms with Crippen molar-refractivity contribution in [3.05, 3.63) is 40.2 Å². The van der Waals surface area contributed by atoms with Gasteiger partial charge in [0, 0.05) is 10.4 Å². The molecule has 3 nitrogen and oxygen atoms in total. The second kappa shape index (κ2) is 4.98. The number of nitrogens with zero attached hydrogens (tertiary/aromatic N) is 1. The molecule has 0 fully saturated rings. The van der Waals surface area contributed by atoms with Crippen molar-refractivity contribution in [3.8, 4) is 10.6 Å². The van der Waals surface area contributed by atoms with Crippen LogP contribution >= 0.6 is 11.3 Å². The molecule has 0 amide bonds. The molecule has 0 saturated heterocycles. The maximum Gasteiger partial charge on any atom is 0.312 e. The number of carboxylic acids is 1. The quantitative estimate of drug-likeness (QED) is 0.916. The Morgan fingerprint density at radius 3 is 2.95 bits per heavy atom. The van der Waals surface area contributed by atoms with E-state index in [0.29, 0.717) is 17.1 Å². The summed E-state index contributed by atoms with van der Waals surface area (Å²) in [5, 5.41) is 9.97. The number of aryl methyl sites for hydroxylation is 2. The van der Waals surface area contributed by atoms with Crippen LogP contribution in [0.2, 0.25) is 0 Å². The van der Waals surface area contributed by atoms with E-state index in [2.05, 4.69) is 4.98 Å². The van der Waals surface area contributed by atoms with Gasteiger partial charge in [0.25, 0.3) is 0 Å². The SMILES string of the molecule is Cc1cc(F)cc(-c2nc3c(s2)CCCC3C(=O)O)c1.